The Bertz CT molecular complexity index is 546. The van der Waals surface area contributed by atoms with Gasteiger partial charge in [-0.3, -0.25) is 0 Å². The van der Waals surface area contributed by atoms with Crippen LogP contribution in [0, 0.1) is 29.1 Å². The molecule has 3 nitrogen and oxygen atoms in total. The molecule has 0 amide bonds. The minimum Gasteiger partial charge on any atom is -0.486 e. The van der Waals surface area contributed by atoms with Crippen molar-refractivity contribution >= 4 is 19.7 Å². The van der Waals surface area contributed by atoms with Crippen molar-refractivity contribution in [2.45, 2.75) is 0 Å². The highest BCUT2D eigenvalue weighted by Crippen LogP contribution is 2.29. The van der Waals surface area contributed by atoms with Gasteiger partial charge in [-0.05, 0) is 0 Å². The van der Waals surface area contributed by atoms with Gasteiger partial charge in [-0.2, -0.15) is 8.78 Å². The van der Waals surface area contributed by atoms with Crippen LogP contribution in [0.5, 0.6) is 5.75 Å². The molecule has 0 aliphatic carbocycles. The summed E-state index contributed by atoms with van der Waals surface area (Å²) < 4.78 is 89.1. The predicted octanol–water partition coefficient (Wildman–Crippen LogP) is 2.33. The van der Waals surface area contributed by atoms with Crippen molar-refractivity contribution in [3.05, 3.63) is 29.1 Å². The first-order valence-electron chi connectivity index (χ1n) is 4.21. The van der Waals surface area contributed by atoms with Crippen LogP contribution in [-0.4, -0.2) is 20.8 Å². The zero-order valence-electron chi connectivity index (χ0n) is 8.31. The molecule has 0 aromatic heterocycles. The Morgan fingerprint density at radius 2 is 1.28 bits per heavy atom. The third kappa shape index (κ3) is 3.22. The number of halogens is 6. The Morgan fingerprint density at radius 1 is 0.889 bits per heavy atom. The molecule has 0 N–H and O–H groups in total. The van der Waals surface area contributed by atoms with Gasteiger partial charge in [-0.15, -0.1) is 0 Å². The van der Waals surface area contributed by atoms with Gasteiger partial charge in [0.1, 0.15) is 6.61 Å². The average Bonchev–Trinajstić information content (AvgIpc) is 2.27. The topological polar surface area (TPSA) is 43.4 Å². The van der Waals surface area contributed by atoms with E-state index in [4.69, 9.17) is 10.7 Å². The van der Waals surface area contributed by atoms with Crippen LogP contribution in [0.15, 0.2) is 0 Å². The maximum absolute atomic E-state index is 13.0. The standard InChI is InChI=1S/C8H4ClF5O3S/c9-18(15,16)2-1-17-8-6(13)4(11)3(10)5(12)7(8)14/h1-2H2. The van der Waals surface area contributed by atoms with Gasteiger partial charge in [0.25, 0.3) is 0 Å². The minimum absolute atomic E-state index is 0.853. The summed E-state index contributed by atoms with van der Waals surface area (Å²) in [5, 5.41) is 0. The number of hydrogen-bond donors (Lipinski definition) is 0. The molecule has 0 heterocycles. The van der Waals surface area contributed by atoms with Crippen molar-refractivity contribution in [2.24, 2.45) is 0 Å². The van der Waals surface area contributed by atoms with Crippen molar-refractivity contribution in [1.29, 1.82) is 0 Å². The van der Waals surface area contributed by atoms with Gasteiger partial charge >= 0.3 is 0 Å². The third-order valence-corrected chi connectivity index (χ3v) is 2.86. The monoisotopic (exact) mass is 310 g/mol. The second-order valence-electron chi connectivity index (χ2n) is 2.99. The molecule has 0 radical (unpaired) electrons. The highest BCUT2D eigenvalue weighted by Gasteiger charge is 2.27. The van der Waals surface area contributed by atoms with E-state index in [9.17, 15) is 30.4 Å². The van der Waals surface area contributed by atoms with Crippen LogP contribution in [0.4, 0.5) is 22.0 Å². The molecule has 0 atom stereocenters. The Kier molecular flexibility index (Phi) is 4.38. The molecule has 0 unspecified atom stereocenters. The van der Waals surface area contributed by atoms with E-state index in [1.807, 2.05) is 0 Å². The lowest BCUT2D eigenvalue weighted by Crippen LogP contribution is -2.13. The van der Waals surface area contributed by atoms with E-state index in [1.54, 1.807) is 0 Å². The summed E-state index contributed by atoms with van der Waals surface area (Å²) in [5.41, 5.74) is 0. The normalized spacial score (nSPS) is 11.7. The summed E-state index contributed by atoms with van der Waals surface area (Å²) in [4.78, 5) is 0. The quantitative estimate of drug-likeness (QED) is 0.371. The second-order valence-corrected chi connectivity index (χ2v) is 5.89. The van der Waals surface area contributed by atoms with Crippen LogP contribution in [0.2, 0.25) is 0 Å². The van der Waals surface area contributed by atoms with E-state index in [0.29, 0.717) is 0 Å². The van der Waals surface area contributed by atoms with Gasteiger partial charge in [0.05, 0.1) is 5.75 Å². The molecule has 1 aromatic carbocycles. The maximum Gasteiger partial charge on any atom is 0.235 e. The molecule has 0 bridgehead atoms. The summed E-state index contributed by atoms with van der Waals surface area (Å²) in [6, 6.07) is 0. The maximum atomic E-state index is 13.0. The van der Waals surface area contributed by atoms with E-state index in [1.165, 1.54) is 0 Å². The Labute approximate surface area is 103 Å². The summed E-state index contributed by atoms with van der Waals surface area (Å²) >= 11 is 0. The molecule has 18 heavy (non-hydrogen) atoms. The van der Waals surface area contributed by atoms with Gasteiger partial charge in [0.2, 0.25) is 38.1 Å². The molecule has 10 heteroatoms. The molecular weight excluding hydrogens is 307 g/mol. The fourth-order valence-corrected chi connectivity index (χ4v) is 1.43. The molecule has 0 saturated carbocycles. The van der Waals surface area contributed by atoms with Crippen molar-refractivity contribution in [2.75, 3.05) is 12.4 Å². The number of rotatable bonds is 4. The number of hydrogen-bond acceptors (Lipinski definition) is 3. The molecule has 102 valence electrons. The Morgan fingerprint density at radius 3 is 1.67 bits per heavy atom. The zero-order chi connectivity index (χ0) is 14.1. The second kappa shape index (κ2) is 5.27. The van der Waals surface area contributed by atoms with Crippen molar-refractivity contribution in [3.8, 4) is 5.75 Å². The summed E-state index contributed by atoms with van der Waals surface area (Å²) in [7, 11) is 0.756. The first kappa shape index (κ1) is 15.0. The molecule has 1 rings (SSSR count). The van der Waals surface area contributed by atoms with Crippen LogP contribution < -0.4 is 4.74 Å². The van der Waals surface area contributed by atoms with Gasteiger partial charge in [-0.25, -0.2) is 21.6 Å². The first-order valence-corrected chi connectivity index (χ1v) is 6.69. The molecule has 0 saturated heterocycles. The van der Waals surface area contributed by atoms with E-state index in [2.05, 4.69) is 4.74 Å². The van der Waals surface area contributed by atoms with Crippen LogP contribution in [-0.2, 0) is 9.05 Å². The molecular formula is C8H4ClF5O3S. The van der Waals surface area contributed by atoms with Gasteiger partial charge in [0.15, 0.2) is 5.75 Å². The molecule has 0 spiro atoms. The molecule has 0 aliphatic heterocycles. The largest absolute Gasteiger partial charge is 0.486 e. The lowest BCUT2D eigenvalue weighted by Gasteiger charge is -2.09. The molecule has 1 aromatic rings. The fourth-order valence-electron chi connectivity index (χ4n) is 0.955. The van der Waals surface area contributed by atoms with Gasteiger partial charge in [-0.1, -0.05) is 0 Å². The lowest BCUT2D eigenvalue weighted by atomic mass is 10.2. The van der Waals surface area contributed by atoms with E-state index in [0.717, 1.165) is 0 Å². The average molecular weight is 311 g/mol. The summed E-state index contributed by atoms with van der Waals surface area (Å²) in [5.74, 6) is -13.5. The van der Waals surface area contributed by atoms with Crippen molar-refractivity contribution in [3.63, 3.8) is 0 Å². The summed E-state index contributed by atoms with van der Waals surface area (Å²) in [6.45, 7) is -0.857. The van der Waals surface area contributed by atoms with Gasteiger partial charge in [0, 0.05) is 10.7 Å². The highest BCUT2D eigenvalue weighted by atomic mass is 35.7. The Hall–Kier alpha value is -1.09. The smallest absolute Gasteiger partial charge is 0.235 e. The first-order chi connectivity index (χ1) is 8.15. The van der Waals surface area contributed by atoms with E-state index in [-0.39, 0.29) is 0 Å². The van der Waals surface area contributed by atoms with Crippen molar-refractivity contribution < 1.29 is 35.1 Å². The highest BCUT2D eigenvalue weighted by molar-refractivity contribution is 8.13. The minimum atomic E-state index is -4.01. The molecule has 0 aliphatic rings. The van der Waals surface area contributed by atoms with E-state index >= 15 is 0 Å². The zero-order valence-corrected chi connectivity index (χ0v) is 9.89. The van der Waals surface area contributed by atoms with Crippen LogP contribution in [0.1, 0.15) is 0 Å². The number of ether oxygens (including phenoxy) is 1. The lowest BCUT2D eigenvalue weighted by molar-refractivity contribution is 0.276. The van der Waals surface area contributed by atoms with Crippen molar-refractivity contribution in [1.82, 2.24) is 0 Å². The van der Waals surface area contributed by atoms with Crippen LogP contribution in [0.25, 0.3) is 0 Å². The van der Waals surface area contributed by atoms with E-state index < -0.39 is 56.2 Å². The van der Waals surface area contributed by atoms with Crippen LogP contribution in [0.3, 0.4) is 0 Å². The predicted molar refractivity (Wildman–Crippen MR) is 51.4 cm³/mol. The summed E-state index contributed by atoms with van der Waals surface area (Å²) in [6.07, 6.45) is 0. The Balaban J connectivity index is 3.03. The number of benzene rings is 1. The fraction of sp³-hybridized carbons (Fsp3) is 0.250. The van der Waals surface area contributed by atoms with Gasteiger partial charge < -0.3 is 4.74 Å². The van der Waals surface area contributed by atoms with Crippen LogP contribution >= 0.6 is 10.7 Å². The molecule has 0 fully saturated rings. The third-order valence-electron chi connectivity index (χ3n) is 1.74. The SMILES string of the molecule is O=S(=O)(Cl)CCOc1c(F)c(F)c(F)c(F)c1F.